The van der Waals surface area contributed by atoms with E-state index in [9.17, 15) is 13.7 Å². The van der Waals surface area contributed by atoms with Crippen molar-refractivity contribution in [3.05, 3.63) is 53.6 Å². The second-order valence-electron chi connectivity index (χ2n) is 5.08. The fraction of sp³-hybridized carbons (Fsp3) is 0.235. The van der Waals surface area contributed by atoms with E-state index in [0.29, 0.717) is 17.1 Å². The molecule has 0 fully saturated rings. The predicted octanol–water partition coefficient (Wildman–Crippen LogP) is 2.56. The molecule has 0 heterocycles. The average Bonchev–Trinajstić information content (AvgIpc) is 2.59. The monoisotopic (exact) mass is 346 g/mol. The molecule has 1 atom stereocenters. The topological polar surface area (TPSA) is 88.4 Å². The Hall–Kier alpha value is -2.56. The van der Waals surface area contributed by atoms with Gasteiger partial charge in [0.1, 0.15) is 6.04 Å². The zero-order valence-corrected chi connectivity index (χ0v) is 14.4. The maximum atomic E-state index is 12.5. The fourth-order valence-electron chi connectivity index (χ4n) is 2.24. The number of sulfonamides is 1. The van der Waals surface area contributed by atoms with Crippen LogP contribution in [0.1, 0.15) is 17.2 Å². The van der Waals surface area contributed by atoms with Gasteiger partial charge in [-0.2, -0.15) is 9.98 Å². The highest BCUT2D eigenvalue weighted by molar-refractivity contribution is 7.89. The zero-order chi connectivity index (χ0) is 17.7. The summed E-state index contributed by atoms with van der Waals surface area (Å²) in [6, 6.07) is 12.2. The molecule has 1 N–H and O–H groups in total. The Kier molecular flexibility index (Phi) is 5.44. The van der Waals surface area contributed by atoms with Gasteiger partial charge in [-0.15, -0.1) is 0 Å². The van der Waals surface area contributed by atoms with E-state index in [1.807, 2.05) is 13.0 Å². The summed E-state index contributed by atoms with van der Waals surface area (Å²) in [5.74, 6) is 0.739. The number of rotatable bonds is 6. The number of hydrogen-bond donors (Lipinski definition) is 1. The quantitative estimate of drug-likeness (QED) is 0.868. The molecule has 0 spiro atoms. The van der Waals surface area contributed by atoms with Gasteiger partial charge in [0.25, 0.3) is 0 Å². The van der Waals surface area contributed by atoms with Gasteiger partial charge in [-0.05, 0) is 25.1 Å². The molecule has 2 aromatic carbocycles. The first kappa shape index (κ1) is 17.8. The molecule has 0 aliphatic rings. The molecule has 24 heavy (non-hydrogen) atoms. The molecule has 2 rings (SSSR count). The van der Waals surface area contributed by atoms with E-state index in [4.69, 9.17) is 9.47 Å². The molecule has 0 bridgehead atoms. The largest absolute Gasteiger partial charge is 0.493 e. The molecule has 0 saturated heterocycles. The SMILES string of the molecule is COc1cccc(C(C#N)NS(=O)(=O)c2ccc(C)cc2)c1OC. The third-order valence-electron chi connectivity index (χ3n) is 3.48. The summed E-state index contributed by atoms with van der Waals surface area (Å²) in [4.78, 5) is 0.0928. The van der Waals surface area contributed by atoms with Gasteiger partial charge in [-0.1, -0.05) is 29.8 Å². The van der Waals surface area contributed by atoms with Crippen LogP contribution in [0.2, 0.25) is 0 Å². The number of para-hydroxylation sites is 1. The third kappa shape index (κ3) is 3.67. The Balaban J connectivity index is 2.40. The van der Waals surface area contributed by atoms with Gasteiger partial charge in [-0.3, -0.25) is 0 Å². The fourth-order valence-corrected chi connectivity index (χ4v) is 3.36. The molecule has 0 radical (unpaired) electrons. The van der Waals surface area contributed by atoms with Gasteiger partial charge in [0.2, 0.25) is 10.0 Å². The summed E-state index contributed by atoms with van der Waals surface area (Å²) in [7, 11) is -0.943. The predicted molar refractivity (Wildman–Crippen MR) is 89.4 cm³/mol. The number of hydrogen-bond acceptors (Lipinski definition) is 5. The highest BCUT2D eigenvalue weighted by Crippen LogP contribution is 2.34. The highest BCUT2D eigenvalue weighted by atomic mass is 32.2. The van der Waals surface area contributed by atoms with Crippen LogP contribution in [0.4, 0.5) is 0 Å². The van der Waals surface area contributed by atoms with Crippen LogP contribution < -0.4 is 14.2 Å². The van der Waals surface area contributed by atoms with E-state index in [-0.39, 0.29) is 4.90 Å². The summed E-state index contributed by atoms with van der Waals surface area (Å²) < 4.78 is 37.9. The molecular formula is C17H18N2O4S. The molecule has 126 valence electrons. The smallest absolute Gasteiger partial charge is 0.242 e. The van der Waals surface area contributed by atoms with Crippen LogP contribution in [-0.4, -0.2) is 22.6 Å². The Morgan fingerprint density at radius 1 is 1.08 bits per heavy atom. The van der Waals surface area contributed by atoms with E-state index >= 15 is 0 Å². The minimum Gasteiger partial charge on any atom is -0.493 e. The van der Waals surface area contributed by atoms with Crippen molar-refractivity contribution < 1.29 is 17.9 Å². The van der Waals surface area contributed by atoms with Crippen LogP contribution in [0.5, 0.6) is 11.5 Å². The second-order valence-corrected chi connectivity index (χ2v) is 6.79. The Bertz CT molecular complexity index is 855. The third-order valence-corrected chi connectivity index (χ3v) is 4.92. The normalized spacial score (nSPS) is 12.2. The van der Waals surface area contributed by atoms with Crippen LogP contribution in [0, 0.1) is 18.3 Å². The molecule has 7 heteroatoms. The molecule has 2 aromatic rings. The number of benzene rings is 2. The number of ether oxygens (including phenoxy) is 2. The van der Waals surface area contributed by atoms with Gasteiger partial charge in [0, 0.05) is 5.56 Å². The van der Waals surface area contributed by atoms with Crippen LogP contribution >= 0.6 is 0 Å². The molecule has 0 amide bonds. The highest BCUT2D eigenvalue weighted by Gasteiger charge is 2.25. The van der Waals surface area contributed by atoms with E-state index in [2.05, 4.69) is 4.72 Å². The van der Waals surface area contributed by atoms with Crippen LogP contribution in [0.25, 0.3) is 0 Å². The second kappa shape index (κ2) is 7.34. The number of methoxy groups -OCH3 is 2. The molecule has 0 saturated carbocycles. The van der Waals surface area contributed by atoms with Crippen molar-refractivity contribution in [1.82, 2.24) is 4.72 Å². The first-order valence-corrected chi connectivity index (χ1v) is 8.60. The summed E-state index contributed by atoms with van der Waals surface area (Å²) in [5.41, 5.74) is 1.33. The van der Waals surface area contributed by atoms with E-state index < -0.39 is 16.1 Å². The zero-order valence-electron chi connectivity index (χ0n) is 13.6. The lowest BCUT2D eigenvalue weighted by Crippen LogP contribution is -2.28. The van der Waals surface area contributed by atoms with Crippen molar-refractivity contribution in [1.29, 1.82) is 5.26 Å². The lowest BCUT2D eigenvalue weighted by atomic mass is 10.1. The van der Waals surface area contributed by atoms with Crippen molar-refractivity contribution in [2.24, 2.45) is 0 Å². The van der Waals surface area contributed by atoms with Crippen LogP contribution in [0.15, 0.2) is 47.4 Å². The lowest BCUT2D eigenvalue weighted by molar-refractivity contribution is 0.350. The summed E-state index contributed by atoms with van der Waals surface area (Å²) in [6.45, 7) is 1.86. The average molecular weight is 346 g/mol. The minimum atomic E-state index is -3.85. The maximum absolute atomic E-state index is 12.5. The summed E-state index contributed by atoms with van der Waals surface area (Å²) in [6.07, 6.45) is 0. The summed E-state index contributed by atoms with van der Waals surface area (Å²) >= 11 is 0. The van der Waals surface area contributed by atoms with Gasteiger partial charge in [0.05, 0.1) is 25.2 Å². The molecule has 0 aromatic heterocycles. The van der Waals surface area contributed by atoms with E-state index in [0.717, 1.165) is 5.56 Å². The van der Waals surface area contributed by atoms with Crippen molar-refractivity contribution in [2.75, 3.05) is 14.2 Å². The van der Waals surface area contributed by atoms with E-state index in [1.54, 1.807) is 30.3 Å². The number of nitriles is 1. The van der Waals surface area contributed by atoms with Gasteiger partial charge < -0.3 is 9.47 Å². The molecule has 1 unspecified atom stereocenters. The molecule has 0 aliphatic heterocycles. The number of nitrogens with one attached hydrogen (secondary N) is 1. The standard InChI is InChI=1S/C17H18N2O4S/c1-12-7-9-13(10-8-12)24(20,21)19-15(11-18)14-5-4-6-16(22-2)17(14)23-3/h4-10,15,19H,1-3H3. The van der Waals surface area contributed by atoms with Crippen molar-refractivity contribution in [3.8, 4) is 17.6 Å². The number of nitrogens with zero attached hydrogens (tertiary/aromatic N) is 1. The Morgan fingerprint density at radius 2 is 1.75 bits per heavy atom. The van der Waals surface area contributed by atoms with E-state index in [1.165, 1.54) is 26.4 Å². The number of aryl methyl sites for hydroxylation is 1. The Labute approximate surface area is 141 Å². The first-order chi connectivity index (χ1) is 11.4. The minimum absolute atomic E-state index is 0.0928. The van der Waals surface area contributed by atoms with Gasteiger partial charge in [0.15, 0.2) is 11.5 Å². The lowest BCUT2D eigenvalue weighted by Gasteiger charge is -2.17. The Morgan fingerprint density at radius 3 is 2.29 bits per heavy atom. The molecule has 6 nitrogen and oxygen atoms in total. The molecule has 0 aliphatic carbocycles. The first-order valence-electron chi connectivity index (χ1n) is 7.12. The van der Waals surface area contributed by atoms with Crippen molar-refractivity contribution >= 4 is 10.0 Å². The van der Waals surface area contributed by atoms with Crippen LogP contribution in [-0.2, 0) is 10.0 Å². The van der Waals surface area contributed by atoms with Crippen molar-refractivity contribution in [3.63, 3.8) is 0 Å². The van der Waals surface area contributed by atoms with Crippen molar-refractivity contribution in [2.45, 2.75) is 17.9 Å². The van der Waals surface area contributed by atoms with Crippen LogP contribution in [0.3, 0.4) is 0 Å². The van der Waals surface area contributed by atoms with Gasteiger partial charge >= 0.3 is 0 Å². The van der Waals surface area contributed by atoms with Gasteiger partial charge in [-0.25, -0.2) is 8.42 Å². The summed E-state index contributed by atoms with van der Waals surface area (Å²) in [5, 5.41) is 9.44. The molecular weight excluding hydrogens is 328 g/mol. The maximum Gasteiger partial charge on any atom is 0.242 e.